The average molecular weight is 533 g/mol. The molecule has 12 heteroatoms. The van der Waals surface area contributed by atoms with Gasteiger partial charge in [0.2, 0.25) is 17.7 Å². The van der Waals surface area contributed by atoms with Gasteiger partial charge in [0.05, 0.1) is 6.61 Å². The minimum absolute atomic E-state index is 0.0774. The van der Waals surface area contributed by atoms with Crippen molar-refractivity contribution in [2.24, 2.45) is 17.4 Å². The van der Waals surface area contributed by atoms with Crippen molar-refractivity contribution >= 4 is 34.6 Å². The monoisotopic (exact) mass is 532 g/mol. The lowest BCUT2D eigenvalue weighted by molar-refractivity contribution is -0.143. The van der Waals surface area contributed by atoms with Crippen molar-refractivity contribution in [1.82, 2.24) is 20.9 Å². The number of benzene rings is 1. The van der Waals surface area contributed by atoms with Gasteiger partial charge in [-0.25, -0.2) is 4.79 Å². The third-order valence-corrected chi connectivity index (χ3v) is 6.62. The van der Waals surface area contributed by atoms with E-state index in [0.29, 0.717) is 25.8 Å². The van der Waals surface area contributed by atoms with Gasteiger partial charge in [0, 0.05) is 23.5 Å². The lowest BCUT2D eigenvalue weighted by atomic mass is 9.97. The number of carbonyl (C=O) groups excluding carboxylic acids is 3. The predicted octanol–water partition coefficient (Wildman–Crippen LogP) is -0.256. The molecule has 2 rings (SSSR count). The Morgan fingerprint density at radius 1 is 1.00 bits per heavy atom. The summed E-state index contributed by atoms with van der Waals surface area (Å²) in [7, 11) is 0. The summed E-state index contributed by atoms with van der Waals surface area (Å²) in [5, 5.41) is 27.5. The van der Waals surface area contributed by atoms with E-state index in [4.69, 9.17) is 11.5 Å². The van der Waals surface area contributed by atoms with Crippen LogP contribution >= 0.6 is 0 Å². The number of aliphatic carboxylic acids is 1. The fourth-order valence-corrected chi connectivity index (χ4v) is 4.06. The highest BCUT2D eigenvalue weighted by atomic mass is 16.4. The molecule has 0 bridgehead atoms. The molecule has 5 unspecified atom stereocenters. The number of carboxylic acids is 1. The van der Waals surface area contributed by atoms with E-state index in [1.54, 1.807) is 13.1 Å². The van der Waals surface area contributed by atoms with E-state index >= 15 is 0 Å². The van der Waals surface area contributed by atoms with Gasteiger partial charge < -0.3 is 42.6 Å². The Morgan fingerprint density at radius 2 is 1.66 bits per heavy atom. The fourth-order valence-electron chi connectivity index (χ4n) is 4.06. The normalized spacial score (nSPS) is 15.2. The van der Waals surface area contributed by atoms with E-state index in [-0.39, 0.29) is 18.8 Å². The molecule has 1 aromatic heterocycles. The molecule has 3 amide bonds. The number of H-pyrrole nitrogens is 1. The number of carboxylic acid groups (broad SMARTS) is 1. The van der Waals surface area contributed by atoms with Gasteiger partial charge in [0.15, 0.2) is 0 Å². The summed E-state index contributed by atoms with van der Waals surface area (Å²) in [6.45, 7) is 3.35. The summed E-state index contributed by atoms with van der Waals surface area (Å²) in [6, 6.07) is 2.96. The zero-order valence-corrected chi connectivity index (χ0v) is 21.9. The van der Waals surface area contributed by atoms with Gasteiger partial charge in [-0.2, -0.15) is 0 Å². The van der Waals surface area contributed by atoms with Crippen LogP contribution in [0.25, 0.3) is 10.9 Å². The molecule has 5 atom stereocenters. The van der Waals surface area contributed by atoms with E-state index in [1.165, 1.54) is 0 Å². The maximum atomic E-state index is 13.4. The molecular formula is C26H40N6O6. The van der Waals surface area contributed by atoms with E-state index < -0.39 is 54.5 Å². The fraction of sp³-hybridized carbons (Fsp3) is 0.538. The SMILES string of the molecule is CCC(C)C(NC(=O)C(Cc1c[nH]c2ccccc12)NC(=O)C(CCCCN)NC(=O)C(N)CO)C(=O)O. The number of hydrogen-bond donors (Lipinski definition) is 8. The molecule has 10 N–H and O–H groups in total. The van der Waals surface area contributed by atoms with Gasteiger partial charge in [-0.3, -0.25) is 14.4 Å². The maximum Gasteiger partial charge on any atom is 0.326 e. The number of aromatic amines is 1. The predicted molar refractivity (Wildman–Crippen MR) is 143 cm³/mol. The Balaban J connectivity index is 2.33. The van der Waals surface area contributed by atoms with E-state index in [2.05, 4.69) is 20.9 Å². The first kappa shape index (κ1) is 30.7. The number of nitrogens with two attached hydrogens (primary N) is 2. The van der Waals surface area contributed by atoms with Gasteiger partial charge in [-0.05, 0) is 43.4 Å². The first-order valence-corrected chi connectivity index (χ1v) is 12.9. The Kier molecular flexibility index (Phi) is 12.2. The van der Waals surface area contributed by atoms with Crippen molar-refractivity contribution in [3.63, 3.8) is 0 Å². The number of aliphatic hydroxyl groups is 1. The van der Waals surface area contributed by atoms with E-state index in [0.717, 1.165) is 16.5 Å². The van der Waals surface area contributed by atoms with Crippen molar-refractivity contribution in [3.8, 4) is 0 Å². The van der Waals surface area contributed by atoms with Crippen LogP contribution in [-0.2, 0) is 25.6 Å². The number of para-hydroxylation sites is 1. The van der Waals surface area contributed by atoms with Crippen molar-refractivity contribution in [2.45, 2.75) is 70.1 Å². The Bertz CT molecular complexity index is 1090. The minimum Gasteiger partial charge on any atom is -0.480 e. The second kappa shape index (κ2) is 15.1. The molecule has 0 saturated carbocycles. The number of amides is 3. The first-order valence-electron chi connectivity index (χ1n) is 12.9. The van der Waals surface area contributed by atoms with Crippen LogP contribution in [0.4, 0.5) is 0 Å². The molecule has 0 aliphatic heterocycles. The molecule has 0 saturated heterocycles. The lowest BCUT2D eigenvalue weighted by Gasteiger charge is -2.26. The van der Waals surface area contributed by atoms with Crippen LogP contribution < -0.4 is 27.4 Å². The topological polar surface area (TPSA) is 213 Å². The Morgan fingerprint density at radius 3 is 2.29 bits per heavy atom. The molecule has 0 spiro atoms. The van der Waals surface area contributed by atoms with Crippen LogP contribution in [0, 0.1) is 5.92 Å². The van der Waals surface area contributed by atoms with Crippen molar-refractivity contribution in [2.75, 3.05) is 13.2 Å². The zero-order valence-electron chi connectivity index (χ0n) is 21.9. The van der Waals surface area contributed by atoms with Gasteiger partial charge in [0.25, 0.3) is 0 Å². The Labute approximate surface area is 221 Å². The van der Waals surface area contributed by atoms with Gasteiger partial charge in [0.1, 0.15) is 24.2 Å². The highest BCUT2D eigenvalue weighted by molar-refractivity contribution is 5.95. The van der Waals surface area contributed by atoms with Crippen molar-refractivity contribution in [1.29, 1.82) is 0 Å². The van der Waals surface area contributed by atoms with Crippen LogP contribution in [0.5, 0.6) is 0 Å². The molecule has 0 radical (unpaired) electrons. The lowest BCUT2D eigenvalue weighted by Crippen LogP contribution is -2.58. The highest BCUT2D eigenvalue weighted by Gasteiger charge is 2.32. The van der Waals surface area contributed by atoms with Crippen LogP contribution in [0.15, 0.2) is 30.5 Å². The summed E-state index contributed by atoms with van der Waals surface area (Å²) in [5.74, 6) is -3.51. The minimum atomic E-state index is -1.21. The molecular weight excluding hydrogens is 492 g/mol. The van der Waals surface area contributed by atoms with Gasteiger partial charge in [-0.1, -0.05) is 38.5 Å². The standard InChI is InChI=1S/C26H40N6O6/c1-3-15(2)22(26(37)38)32-25(36)21(12-16-13-29-19-9-5-4-8-17(16)19)31-24(35)20(10-6-7-11-27)30-23(34)18(28)14-33/h4-5,8-9,13,15,18,20-22,29,33H,3,6-7,10-12,14,27-28H2,1-2H3,(H,30,34)(H,31,35)(H,32,36)(H,37,38). The summed E-state index contributed by atoms with van der Waals surface area (Å²) >= 11 is 0. The molecule has 0 aliphatic rings. The summed E-state index contributed by atoms with van der Waals surface area (Å²) in [5.41, 5.74) is 12.8. The molecule has 0 aliphatic carbocycles. The summed E-state index contributed by atoms with van der Waals surface area (Å²) in [6.07, 6.45) is 3.71. The molecule has 38 heavy (non-hydrogen) atoms. The number of fused-ring (bicyclic) bond motifs is 1. The molecule has 1 heterocycles. The second-order valence-electron chi connectivity index (χ2n) is 9.47. The number of rotatable bonds is 16. The third-order valence-electron chi connectivity index (χ3n) is 6.62. The number of unbranched alkanes of at least 4 members (excludes halogenated alkanes) is 1. The number of carbonyl (C=O) groups is 4. The van der Waals surface area contributed by atoms with E-state index in [9.17, 15) is 29.4 Å². The zero-order chi connectivity index (χ0) is 28.2. The maximum absolute atomic E-state index is 13.4. The molecule has 12 nitrogen and oxygen atoms in total. The van der Waals surface area contributed by atoms with Crippen LogP contribution in [0.1, 0.15) is 45.1 Å². The van der Waals surface area contributed by atoms with Crippen LogP contribution in [0.2, 0.25) is 0 Å². The number of hydrogen-bond acceptors (Lipinski definition) is 7. The average Bonchev–Trinajstić information content (AvgIpc) is 3.32. The van der Waals surface area contributed by atoms with Gasteiger partial charge >= 0.3 is 5.97 Å². The second-order valence-corrected chi connectivity index (χ2v) is 9.47. The van der Waals surface area contributed by atoms with Crippen molar-refractivity contribution in [3.05, 3.63) is 36.0 Å². The molecule has 210 valence electrons. The van der Waals surface area contributed by atoms with E-state index in [1.807, 2.05) is 31.2 Å². The Hall–Kier alpha value is -3.48. The summed E-state index contributed by atoms with van der Waals surface area (Å²) < 4.78 is 0. The number of nitrogens with one attached hydrogen (secondary N) is 4. The largest absolute Gasteiger partial charge is 0.480 e. The van der Waals surface area contributed by atoms with Crippen LogP contribution in [-0.4, -0.2) is 76.2 Å². The quantitative estimate of drug-likeness (QED) is 0.135. The third kappa shape index (κ3) is 8.54. The molecule has 1 aromatic carbocycles. The summed E-state index contributed by atoms with van der Waals surface area (Å²) in [4.78, 5) is 54.0. The molecule has 0 fully saturated rings. The van der Waals surface area contributed by atoms with Crippen molar-refractivity contribution < 1.29 is 29.4 Å². The molecule has 2 aromatic rings. The number of aliphatic hydroxyl groups excluding tert-OH is 1. The highest BCUT2D eigenvalue weighted by Crippen LogP contribution is 2.20. The van der Waals surface area contributed by atoms with Crippen LogP contribution in [0.3, 0.4) is 0 Å². The van der Waals surface area contributed by atoms with Gasteiger partial charge in [-0.15, -0.1) is 0 Å². The number of aromatic nitrogens is 1. The first-order chi connectivity index (χ1) is 18.1. The smallest absolute Gasteiger partial charge is 0.326 e.